The minimum Gasteiger partial charge on any atom is -0.459 e. The van der Waals surface area contributed by atoms with E-state index < -0.39 is 18.1 Å². The predicted octanol–water partition coefficient (Wildman–Crippen LogP) is 3.37. The van der Waals surface area contributed by atoms with E-state index in [2.05, 4.69) is 10.6 Å². The number of nitrogen functional groups attached to an aromatic ring is 1. The summed E-state index contributed by atoms with van der Waals surface area (Å²) in [5.74, 6) is -1.21. The smallest absolute Gasteiger partial charge is 0.286 e. The van der Waals surface area contributed by atoms with Gasteiger partial charge in [0.25, 0.3) is 17.4 Å². The van der Waals surface area contributed by atoms with Gasteiger partial charge in [0.15, 0.2) is 5.76 Å². The van der Waals surface area contributed by atoms with Crippen molar-refractivity contribution in [3.8, 4) is 5.69 Å². The third-order valence-corrected chi connectivity index (χ3v) is 7.90. The standard InChI is InChI=1S/C35H39N5O7/c1-23-32(35(44)40(39(23)2)27-8-4-3-5-9-27)26-20-30(47-31(21-26)46-19-18-45-17-16-41)34(43)37-22-24-12-14-25(15-13-24)33(42)38-29-11-7-6-10-28(29)36/h3-15,20,26,31,41H,16-19,21-22,36H2,1-2H3,(H,37,43)(H,38,42)/t26-,31+/m0/s1. The van der Waals surface area contributed by atoms with Crippen LogP contribution in [0, 0.1) is 6.92 Å². The molecule has 0 saturated heterocycles. The number of hydrogen-bond acceptors (Lipinski definition) is 8. The second kappa shape index (κ2) is 15.4. The second-order valence-electron chi connectivity index (χ2n) is 11.0. The van der Waals surface area contributed by atoms with Crippen LogP contribution in [0.2, 0.25) is 0 Å². The van der Waals surface area contributed by atoms with E-state index in [1.54, 1.807) is 64.0 Å². The number of aliphatic hydroxyl groups is 1. The third-order valence-electron chi connectivity index (χ3n) is 7.90. The van der Waals surface area contributed by atoms with Gasteiger partial charge in [0.1, 0.15) is 0 Å². The largest absolute Gasteiger partial charge is 0.459 e. The fourth-order valence-corrected chi connectivity index (χ4v) is 5.39. The number of carbonyl (C=O) groups excluding carboxylic acids is 2. The van der Waals surface area contributed by atoms with Gasteiger partial charge in [-0.05, 0) is 55.0 Å². The van der Waals surface area contributed by atoms with Crippen LogP contribution in [0.15, 0.2) is 95.5 Å². The number of ether oxygens (including phenoxy) is 3. The van der Waals surface area contributed by atoms with Gasteiger partial charge in [-0.3, -0.25) is 19.1 Å². The zero-order chi connectivity index (χ0) is 33.3. The molecule has 5 rings (SSSR count). The molecule has 2 amide bonds. The summed E-state index contributed by atoms with van der Waals surface area (Å²) in [4.78, 5) is 39.9. The monoisotopic (exact) mass is 641 g/mol. The number of aromatic nitrogens is 2. The lowest BCUT2D eigenvalue weighted by atomic mass is 9.93. The maximum Gasteiger partial charge on any atom is 0.286 e. The van der Waals surface area contributed by atoms with E-state index in [1.165, 1.54) is 0 Å². The molecule has 0 fully saturated rings. The van der Waals surface area contributed by atoms with E-state index >= 15 is 0 Å². The van der Waals surface area contributed by atoms with Crippen LogP contribution in [0.25, 0.3) is 5.69 Å². The molecule has 2 atom stereocenters. The van der Waals surface area contributed by atoms with Crippen LogP contribution in [-0.4, -0.2) is 59.0 Å². The van der Waals surface area contributed by atoms with Gasteiger partial charge in [-0.1, -0.05) is 42.5 Å². The summed E-state index contributed by atoms with van der Waals surface area (Å²) in [6, 6.07) is 23.2. The van der Waals surface area contributed by atoms with Gasteiger partial charge in [-0.15, -0.1) is 0 Å². The summed E-state index contributed by atoms with van der Waals surface area (Å²) < 4.78 is 20.6. The van der Waals surface area contributed by atoms with E-state index in [1.807, 2.05) is 44.3 Å². The number of nitrogens with zero attached hydrogens (tertiary/aromatic N) is 2. The van der Waals surface area contributed by atoms with Crippen LogP contribution in [0.3, 0.4) is 0 Å². The minimum atomic E-state index is -0.816. The molecule has 2 heterocycles. The van der Waals surface area contributed by atoms with Crippen molar-refractivity contribution < 1.29 is 28.9 Å². The molecule has 3 aromatic carbocycles. The van der Waals surface area contributed by atoms with Crippen LogP contribution in [-0.2, 0) is 32.6 Å². The number of allylic oxidation sites excluding steroid dienone is 1. The number of amides is 2. The highest BCUT2D eigenvalue weighted by molar-refractivity contribution is 6.05. The summed E-state index contributed by atoms with van der Waals surface area (Å²) in [6.07, 6.45) is 1.16. The summed E-state index contributed by atoms with van der Waals surface area (Å²) in [6.45, 7) is 2.52. The van der Waals surface area contributed by atoms with E-state index in [0.717, 1.165) is 16.9 Å². The van der Waals surface area contributed by atoms with Crippen LogP contribution in [0.1, 0.15) is 39.5 Å². The molecule has 1 aliphatic rings. The van der Waals surface area contributed by atoms with Crippen molar-refractivity contribution >= 4 is 23.2 Å². The highest BCUT2D eigenvalue weighted by Gasteiger charge is 2.33. The number of nitrogens with two attached hydrogens (primary N) is 1. The van der Waals surface area contributed by atoms with E-state index in [9.17, 15) is 14.4 Å². The molecule has 47 heavy (non-hydrogen) atoms. The van der Waals surface area contributed by atoms with Gasteiger partial charge in [-0.2, -0.15) is 0 Å². The van der Waals surface area contributed by atoms with Crippen LogP contribution >= 0.6 is 0 Å². The Hall–Kier alpha value is -5.17. The van der Waals surface area contributed by atoms with Gasteiger partial charge >= 0.3 is 0 Å². The maximum atomic E-state index is 13.8. The fraction of sp³-hybridized carbons (Fsp3) is 0.286. The highest BCUT2D eigenvalue weighted by atomic mass is 16.7. The van der Waals surface area contributed by atoms with Crippen molar-refractivity contribution in [2.24, 2.45) is 7.05 Å². The Morgan fingerprint density at radius 2 is 1.70 bits per heavy atom. The molecule has 0 spiro atoms. The summed E-state index contributed by atoms with van der Waals surface area (Å²) in [5.41, 5.74) is 9.96. The Morgan fingerprint density at radius 1 is 0.979 bits per heavy atom. The normalized spacial score (nSPS) is 15.9. The van der Waals surface area contributed by atoms with Crippen LogP contribution in [0.5, 0.6) is 0 Å². The Kier molecular flexibility index (Phi) is 10.9. The first-order chi connectivity index (χ1) is 22.8. The van der Waals surface area contributed by atoms with Gasteiger partial charge in [0.05, 0.1) is 43.5 Å². The third kappa shape index (κ3) is 7.98. The SMILES string of the molecule is Cc1c([C@H]2C=C(C(=O)NCc3ccc(C(=O)Nc4ccccc4N)cc3)O[C@@H](OCCOCCO)C2)c(=O)n(-c2ccccc2)n1C. The van der Waals surface area contributed by atoms with Gasteiger partial charge < -0.3 is 35.7 Å². The van der Waals surface area contributed by atoms with Crippen molar-refractivity contribution in [3.05, 3.63) is 123 Å². The van der Waals surface area contributed by atoms with Gasteiger partial charge in [0, 0.05) is 42.8 Å². The second-order valence-corrected chi connectivity index (χ2v) is 11.0. The van der Waals surface area contributed by atoms with E-state index in [-0.39, 0.29) is 50.2 Å². The molecule has 246 valence electrons. The highest BCUT2D eigenvalue weighted by Crippen LogP contribution is 2.32. The molecule has 0 unspecified atom stereocenters. The molecular formula is C35H39N5O7. The molecule has 1 aromatic heterocycles. The van der Waals surface area contributed by atoms with E-state index in [4.69, 9.17) is 25.1 Å². The first kappa shape index (κ1) is 33.2. The number of benzene rings is 3. The number of anilines is 2. The molecule has 4 aromatic rings. The quantitative estimate of drug-likeness (QED) is 0.128. The van der Waals surface area contributed by atoms with Crippen molar-refractivity contribution in [1.29, 1.82) is 0 Å². The number of para-hydroxylation sites is 3. The lowest BCUT2D eigenvalue weighted by Crippen LogP contribution is -2.34. The zero-order valence-electron chi connectivity index (χ0n) is 26.3. The van der Waals surface area contributed by atoms with Crippen molar-refractivity contribution in [1.82, 2.24) is 14.7 Å². The number of aliphatic hydroxyl groups excluding tert-OH is 1. The van der Waals surface area contributed by atoms with Crippen molar-refractivity contribution in [2.45, 2.75) is 32.1 Å². The Morgan fingerprint density at radius 3 is 2.43 bits per heavy atom. The molecule has 5 N–H and O–H groups in total. The van der Waals surface area contributed by atoms with Crippen LogP contribution in [0.4, 0.5) is 11.4 Å². The van der Waals surface area contributed by atoms with Crippen molar-refractivity contribution in [2.75, 3.05) is 37.5 Å². The molecule has 12 nitrogen and oxygen atoms in total. The number of nitrogens with one attached hydrogen (secondary N) is 2. The molecule has 12 heteroatoms. The van der Waals surface area contributed by atoms with E-state index in [0.29, 0.717) is 28.9 Å². The summed E-state index contributed by atoms with van der Waals surface area (Å²) in [5, 5.41) is 14.6. The molecule has 0 radical (unpaired) electrons. The van der Waals surface area contributed by atoms with Crippen molar-refractivity contribution in [3.63, 3.8) is 0 Å². The van der Waals surface area contributed by atoms with Gasteiger partial charge in [0.2, 0.25) is 6.29 Å². The lowest BCUT2D eigenvalue weighted by molar-refractivity contribution is -0.151. The summed E-state index contributed by atoms with van der Waals surface area (Å²) >= 11 is 0. The average Bonchev–Trinajstić information content (AvgIpc) is 3.31. The maximum absolute atomic E-state index is 13.8. The minimum absolute atomic E-state index is 0.0351. The molecule has 0 saturated carbocycles. The van der Waals surface area contributed by atoms with Gasteiger partial charge in [-0.25, -0.2) is 4.68 Å². The Labute approximate surface area is 272 Å². The number of hydrogen-bond donors (Lipinski definition) is 4. The first-order valence-corrected chi connectivity index (χ1v) is 15.3. The molecular weight excluding hydrogens is 602 g/mol. The topological polar surface area (TPSA) is 159 Å². The Balaban J connectivity index is 1.31. The lowest BCUT2D eigenvalue weighted by Gasteiger charge is -2.29. The Bertz CT molecular complexity index is 1780. The fourth-order valence-electron chi connectivity index (χ4n) is 5.39. The zero-order valence-corrected chi connectivity index (χ0v) is 26.3. The number of carbonyl (C=O) groups is 2. The molecule has 1 aliphatic heterocycles. The predicted molar refractivity (Wildman–Crippen MR) is 177 cm³/mol. The average molecular weight is 642 g/mol. The number of rotatable bonds is 13. The van der Waals surface area contributed by atoms with Crippen LogP contribution < -0.4 is 21.9 Å². The molecule has 0 bridgehead atoms. The molecule has 0 aliphatic carbocycles. The first-order valence-electron chi connectivity index (χ1n) is 15.3. The summed E-state index contributed by atoms with van der Waals surface area (Å²) in [7, 11) is 1.82.